The first-order valence-electron chi connectivity index (χ1n) is 32.6. The molecule has 0 saturated carbocycles. The smallest absolute Gasteiger partial charge is 0.272 e. The van der Waals surface area contributed by atoms with Crippen LogP contribution in [0.1, 0.15) is 33.4 Å². The van der Waals surface area contributed by atoms with Crippen molar-refractivity contribution in [2.24, 2.45) is 10.2 Å². The number of nitrogens with zero attached hydrogens (tertiary/aromatic N) is 2. The van der Waals surface area contributed by atoms with Gasteiger partial charge in [-0.1, -0.05) is 71.8 Å². The van der Waals surface area contributed by atoms with Gasteiger partial charge in [0.15, 0.2) is 32.5 Å². The molecule has 8 rings (SSSR count). The van der Waals surface area contributed by atoms with Crippen LogP contribution in [0.2, 0.25) is 10.0 Å². The van der Waals surface area contributed by atoms with Gasteiger partial charge in [-0.15, -0.1) is 0 Å². The van der Waals surface area contributed by atoms with Gasteiger partial charge < -0.3 is 85.9 Å². The summed E-state index contributed by atoms with van der Waals surface area (Å²) in [7, 11) is -21.1. The van der Waals surface area contributed by atoms with E-state index < -0.39 is 117 Å². The van der Waals surface area contributed by atoms with E-state index in [1.54, 1.807) is 0 Å². The van der Waals surface area contributed by atoms with Crippen LogP contribution in [0, 0.1) is 0 Å². The van der Waals surface area contributed by atoms with E-state index in [9.17, 15) is 91.5 Å². The van der Waals surface area contributed by atoms with Crippen molar-refractivity contribution in [3.05, 3.63) is 195 Å². The second kappa shape index (κ2) is 42.4. The van der Waals surface area contributed by atoms with Gasteiger partial charge >= 0.3 is 0 Å². The van der Waals surface area contributed by atoms with Crippen molar-refractivity contribution in [2.75, 3.05) is 58.2 Å². The molecule has 0 aromatic heterocycles. The van der Waals surface area contributed by atoms with Gasteiger partial charge in [0.1, 0.15) is 72.4 Å². The van der Waals surface area contributed by atoms with Crippen molar-refractivity contribution in [2.45, 2.75) is 31.7 Å². The molecule has 8 aromatic rings. The number of hydrazone groups is 2. The standard InChI is InChI=1S/C68H60Br4Cl2N16O21S8/c69-47-25-37(57(91)53(71)59(47)93)31-77-85-61(95)55(79-41-17-9-39(73)10-18-41)63(97)87-89-67(114)83-45-15-7-35(51(29-45)118(105,106)107)3-1-33-5-13-43(27-49(33)116(99,100)101)81-65(112)75-21-23-111-24-22-76-66(113)82-44-14-6-34(50(28-44)117(102,103)104)2-4-36-8-16-46(30-52(36)119(108,109)110)84-68(115)90-88-64(98)56(80-42-19-11-40(74)12-20-42)62(96)86-78-32-38-26-48(70)60(94)54(72)58(38)92/h1-20,25-32,55-56,79-80,91-94H,21-24H2,(H,85,95)(H,86,96)(H,87,97)(H,88,98)(H2,75,81,112)(H2,76,82,113)(H2,83,89,114)(H2,84,90,115)(H,99,100,101)(H,102,103,104)(H,105,106,107)(H,108,109,110)/p-4/b3-1+,4-2+,77-31+,78-32+. The molecule has 4 amide bonds. The lowest BCUT2D eigenvalue weighted by atomic mass is 10.1. The van der Waals surface area contributed by atoms with Gasteiger partial charge in [0.2, 0.25) is 0 Å². The minimum Gasteiger partial charge on any atom is -0.744 e. The second-order valence-electron chi connectivity index (χ2n) is 23.6. The third kappa shape index (κ3) is 28.1. The Kier molecular flexibility index (Phi) is 33.7. The molecule has 0 bridgehead atoms. The van der Waals surface area contributed by atoms with Crippen molar-refractivity contribution >= 4 is 291 Å². The van der Waals surface area contributed by atoms with Crippen LogP contribution in [0.25, 0.3) is 24.3 Å². The van der Waals surface area contributed by atoms with Gasteiger partial charge in [-0.2, -0.15) is 10.2 Å². The number of halogens is 6. The van der Waals surface area contributed by atoms with Gasteiger partial charge in [-0.25, -0.2) is 44.5 Å². The summed E-state index contributed by atoms with van der Waals surface area (Å²) in [6.07, 6.45) is 6.29. The number of carbonyl (C=O) groups excluding carboxylic acids is 4. The quantitative estimate of drug-likeness (QED) is 0.00385. The fraction of sp³-hybridized carbons (Fsp3) is 0.0882. The van der Waals surface area contributed by atoms with E-state index in [1.165, 1.54) is 97.1 Å². The highest BCUT2D eigenvalue weighted by atomic mass is 79.9. The normalized spacial score (nSPS) is 12.3. The summed E-state index contributed by atoms with van der Waals surface area (Å²) in [4.78, 5) is 50.4. The number of carbonyl (C=O) groups is 4. The van der Waals surface area contributed by atoms with Crippen molar-refractivity contribution in [1.29, 1.82) is 0 Å². The molecular formula is C68H56Br4Cl2N16O21S8-4. The zero-order chi connectivity index (χ0) is 87.4. The zero-order valence-electron chi connectivity index (χ0n) is 59.3. The van der Waals surface area contributed by atoms with Crippen molar-refractivity contribution < 1.29 is 96.2 Å². The molecular weight excluding hydrogens is 2020 g/mol. The summed E-state index contributed by atoms with van der Waals surface area (Å²) < 4.78 is 157. The summed E-state index contributed by atoms with van der Waals surface area (Å²) in [5.74, 6) is -5.64. The number of rotatable bonds is 30. The fourth-order valence-corrected chi connectivity index (χ4v) is 15.8. The predicted molar refractivity (Wildman–Crippen MR) is 469 cm³/mol. The fourth-order valence-electron chi connectivity index (χ4n) is 9.67. The number of amides is 4. The Morgan fingerprint density at radius 2 is 0.672 bits per heavy atom. The number of anilines is 6. The molecule has 18 N–H and O–H groups in total. The number of aromatic hydroxyl groups is 4. The summed E-state index contributed by atoms with van der Waals surface area (Å²) >= 11 is 45.5. The molecule has 0 aliphatic rings. The molecule has 51 heteroatoms. The Bertz CT molecular complexity index is 5580. The number of nitrogens with one attached hydrogen (secondary N) is 14. The van der Waals surface area contributed by atoms with Crippen LogP contribution < -0.4 is 75.1 Å². The zero-order valence-corrected chi connectivity index (χ0v) is 73.7. The van der Waals surface area contributed by atoms with Crippen LogP contribution in [-0.4, -0.2) is 167 Å². The minimum absolute atomic E-state index is 0.0176. The molecule has 0 aliphatic heterocycles. The lowest BCUT2D eigenvalue weighted by Gasteiger charge is -2.19. The Morgan fingerprint density at radius 1 is 0.395 bits per heavy atom. The number of hydrogen-bond acceptors (Lipinski definition) is 29. The first kappa shape index (κ1) is 94.6. The molecule has 119 heavy (non-hydrogen) atoms. The van der Waals surface area contributed by atoms with Gasteiger partial charge in [0.25, 0.3) is 23.6 Å². The van der Waals surface area contributed by atoms with E-state index in [-0.39, 0.29) is 133 Å². The highest BCUT2D eigenvalue weighted by molar-refractivity contribution is 9.11. The SMILES string of the molecule is O=C(N/N=C/c1cc(Br)c(O)c(Br)c1O)C(Nc1ccc(Cl)cc1)C(=O)NNC(=S)Nc1ccc(/C=C/c2ccc(NC(=S)NCCOCCNC(=S)Nc3ccc(/C=C/c4ccc(NC(=S)NNC(=O)C(Nc5ccc(Cl)cc5)C(=O)N/N=C/c5cc(Br)c(O)c(Br)c5O)cc4S(=O)(=O)[O-])c(S(=O)(=O)[O-])c3)cc2S(=O)(=O)[O-])c(S(=O)(=O)[O-])c1. The van der Waals surface area contributed by atoms with Crippen molar-refractivity contribution in [3.63, 3.8) is 0 Å². The van der Waals surface area contributed by atoms with Crippen LogP contribution in [-0.2, 0) is 64.4 Å². The van der Waals surface area contributed by atoms with Crippen molar-refractivity contribution in [1.82, 2.24) is 43.2 Å². The van der Waals surface area contributed by atoms with Crippen molar-refractivity contribution in [3.8, 4) is 23.0 Å². The highest BCUT2D eigenvalue weighted by Crippen LogP contribution is 2.42. The number of phenols is 4. The molecule has 0 heterocycles. The highest BCUT2D eigenvalue weighted by Gasteiger charge is 2.30. The lowest BCUT2D eigenvalue weighted by Crippen LogP contribution is -2.54. The average molecular weight is 2080 g/mol. The van der Waals surface area contributed by atoms with E-state index in [4.69, 9.17) is 76.8 Å². The van der Waals surface area contributed by atoms with Crippen LogP contribution in [0.15, 0.2) is 181 Å². The third-order valence-electron chi connectivity index (χ3n) is 15.2. The van der Waals surface area contributed by atoms with E-state index in [1.807, 2.05) is 0 Å². The largest absolute Gasteiger partial charge is 0.744 e. The maximum Gasteiger partial charge on any atom is 0.272 e. The van der Waals surface area contributed by atoms with E-state index in [0.717, 1.165) is 73.1 Å². The van der Waals surface area contributed by atoms with Gasteiger partial charge in [-0.3, -0.25) is 40.9 Å². The summed E-state index contributed by atoms with van der Waals surface area (Å²) in [5.41, 5.74) is 12.8. The monoisotopic (exact) mass is 2070 g/mol. The van der Waals surface area contributed by atoms with Gasteiger partial charge in [0.05, 0.1) is 54.2 Å². The first-order chi connectivity index (χ1) is 55.9. The maximum atomic E-state index is 13.5. The molecule has 2 atom stereocenters. The number of thiocarbonyl (C=S) groups is 4. The molecule has 8 aromatic carbocycles. The molecule has 628 valence electrons. The van der Waals surface area contributed by atoms with E-state index in [0.29, 0.717) is 10.0 Å². The summed E-state index contributed by atoms with van der Waals surface area (Å²) in [6.45, 7) is 0.198. The molecule has 0 radical (unpaired) electrons. The second-order valence-corrected chi connectivity index (χ2v) is 34.8. The number of benzene rings is 8. The number of hydrogen-bond donors (Lipinski definition) is 18. The van der Waals surface area contributed by atoms with Crippen LogP contribution in [0.5, 0.6) is 23.0 Å². The Hall–Kier alpha value is -9.88. The summed E-state index contributed by atoms with van der Waals surface area (Å²) in [5, 5.41) is 69.9. The predicted octanol–water partition coefficient (Wildman–Crippen LogP) is 8.01. The maximum absolute atomic E-state index is 13.5. The van der Waals surface area contributed by atoms with Crippen LogP contribution >= 0.6 is 136 Å². The minimum atomic E-state index is -5.30. The third-order valence-corrected chi connectivity index (χ3v) is 22.9. The molecule has 0 spiro atoms. The van der Waals surface area contributed by atoms with E-state index >= 15 is 0 Å². The number of hydrazine groups is 2. The van der Waals surface area contributed by atoms with Gasteiger partial charge in [0, 0.05) is 68.4 Å². The average Bonchev–Trinajstić information content (AvgIpc) is 0.806. The number of phenolic OH excluding ortho intramolecular Hbond substituents is 4. The molecule has 0 fully saturated rings. The molecule has 2 unspecified atom stereocenters. The Morgan fingerprint density at radius 3 is 0.958 bits per heavy atom. The van der Waals surface area contributed by atoms with Gasteiger partial charge in [-0.05, 0) is 244 Å². The molecule has 37 nitrogen and oxygen atoms in total. The molecule has 0 aliphatic carbocycles. The molecule has 0 saturated heterocycles. The lowest BCUT2D eigenvalue weighted by molar-refractivity contribution is -0.132. The Balaban J connectivity index is 0.793. The Labute approximate surface area is 741 Å². The first-order valence-corrected chi connectivity index (χ1v) is 43.8. The van der Waals surface area contributed by atoms with Crippen LogP contribution in [0.3, 0.4) is 0 Å². The summed E-state index contributed by atoms with van der Waals surface area (Å²) in [6, 6.07) is 24.3. The van der Waals surface area contributed by atoms with Crippen LogP contribution in [0.4, 0.5) is 34.1 Å². The topological polar surface area (TPSA) is 580 Å². The van der Waals surface area contributed by atoms with E-state index in [2.05, 4.69) is 149 Å². The number of ether oxygens (including phenoxy) is 1.